The molecule has 6 heteroatoms. The Morgan fingerprint density at radius 3 is 3.25 bits per heavy atom. The monoisotopic (exact) mass is 222 g/mol. The first-order valence-corrected chi connectivity index (χ1v) is 5.65. The number of aliphatic carboxylic acids is 1. The van der Waals surface area contributed by atoms with Crippen LogP contribution in [0.4, 0.5) is 5.95 Å². The quantitative estimate of drug-likeness (QED) is 0.768. The summed E-state index contributed by atoms with van der Waals surface area (Å²) >= 11 is 0. The molecule has 1 aromatic rings. The Morgan fingerprint density at radius 1 is 1.56 bits per heavy atom. The lowest BCUT2D eigenvalue weighted by molar-refractivity contribution is -0.136. The predicted molar refractivity (Wildman–Crippen MR) is 56.2 cm³/mol. The van der Waals surface area contributed by atoms with Crippen LogP contribution in [0.25, 0.3) is 0 Å². The van der Waals surface area contributed by atoms with E-state index in [1.54, 1.807) is 0 Å². The van der Waals surface area contributed by atoms with Gasteiger partial charge in [-0.05, 0) is 18.8 Å². The van der Waals surface area contributed by atoms with Gasteiger partial charge >= 0.3 is 5.97 Å². The van der Waals surface area contributed by atoms with Crippen molar-refractivity contribution in [3.63, 3.8) is 0 Å². The lowest BCUT2D eigenvalue weighted by Crippen LogP contribution is -2.29. The number of carbonyl (C=O) groups is 1. The van der Waals surface area contributed by atoms with E-state index in [1.807, 2.05) is 4.68 Å². The third kappa shape index (κ3) is 1.45. The van der Waals surface area contributed by atoms with Crippen LogP contribution in [0, 0.1) is 5.92 Å². The Bertz CT molecular complexity index is 428. The number of rotatable bonds is 2. The van der Waals surface area contributed by atoms with Crippen molar-refractivity contribution in [2.24, 2.45) is 5.92 Å². The zero-order valence-corrected chi connectivity index (χ0v) is 8.89. The summed E-state index contributed by atoms with van der Waals surface area (Å²) in [6.07, 6.45) is 3.49. The average molecular weight is 222 g/mol. The van der Waals surface area contributed by atoms with E-state index in [9.17, 15) is 4.79 Å². The predicted octanol–water partition coefficient (Wildman–Crippen LogP) is 0.672. The van der Waals surface area contributed by atoms with E-state index >= 15 is 0 Å². The maximum atomic E-state index is 10.6. The standard InChI is InChI=1S/C10H14N4O2/c15-9(16)4-8-12-10-11-5-6-2-1-3-7(6)14(10)13-8/h6-7H,1-5H2,(H,15,16)(H,11,12,13). The van der Waals surface area contributed by atoms with Crippen LogP contribution >= 0.6 is 0 Å². The Morgan fingerprint density at radius 2 is 2.44 bits per heavy atom. The van der Waals surface area contributed by atoms with Gasteiger partial charge in [0.15, 0.2) is 5.82 Å². The summed E-state index contributed by atoms with van der Waals surface area (Å²) in [5, 5.41) is 16.2. The normalized spacial score (nSPS) is 27.0. The molecule has 1 aliphatic carbocycles. The van der Waals surface area contributed by atoms with Gasteiger partial charge in [0.05, 0.1) is 6.04 Å². The fourth-order valence-electron chi connectivity index (χ4n) is 2.73. The second kappa shape index (κ2) is 3.47. The zero-order chi connectivity index (χ0) is 11.1. The highest BCUT2D eigenvalue weighted by Gasteiger charge is 2.35. The van der Waals surface area contributed by atoms with Crippen molar-refractivity contribution in [3.8, 4) is 0 Å². The van der Waals surface area contributed by atoms with Gasteiger partial charge in [-0.3, -0.25) is 4.79 Å². The molecule has 86 valence electrons. The van der Waals surface area contributed by atoms with Gasteiger partial charge in [-0.25, -0.2) is 4.68 Å². The molecule has 1 aliphatic heterocycles. The molecule has 2 aliphatic rings. The molecule has 2 unspecified atom stereocenters. The number of carboxylic acids is 1. The molecule has 0 radical (unpaired) electrons. The molecular formula is C10H14N4O2. The lowest BCUT2D eigenvalue weighted by Gasteiger charge is -2.26. The minimum atomic E-state index is -0.883. The first-order valence-electron chi connectivity index (χ1n) is 5.65. The van der Waals surface area contributed by atoms with Gasteiger partial charge in [-0.1, -0.05) is 6.42 Å². The topological polar surface area (TPSA) is 80.0 Å². The van der Waals surface area contributed by atoms with Gasteiger partial charge in [0.1, 0.15) is 6.42 Å². The molecule has 1 saturated carbocycles. The third-order valence-corrected chi connectivity index (χ3v) is 3.44. The van der Waals surface area contributed by atoms with Crippen LogP contribution in [-0.2, 0) is 11.2 Å². The van der Waals surface area contributed by atoms with Gasteiger partial charge in [-0.15, -0.1) is 0 Å². The Balaban J connectivity index is 1.91. The molecule has 2 N–H and O–H groups in total. The summed E-state index contributed by atoms with van der Waals surface area (Å²) in [4.78, 5) is 14.8. The molecule has 6 nitrogen and oxygen atoms in total. The van der Waals surface area contributed by atoms with E-state index in [-0.39, 0.29) is 6.42 Å². The Kier molecular flexibility index (Phi) is 2.08. The number of nitrogens with zero attached hydrogens (tertiary/aromatic N) is 3. The van der Waals surface area contributed by atoms with Crippen LogP contribution in [0.5, 0.6) is 0 Å². The van der Waals surface area contributed by atoms with Crippen molar-refractivity contribution >= 4 is 11.9 Å². The van der Waals surface area contributed by atoms with Crippen molar-refractivity contribution in [1.29, 1.82) is 0 Å². The Labute approximate surface area is 92.7 Å². The highest BCUT2D eigenvalue weighted by Crippen LogP contribution is 2.39. The molecule has 2 heterocycles. The second-order valence-electron chi connectivity index (χ2n) is 4.51. The molecule has 16 heavy (non-hydrogen) atoms. The minimum Gasteiger partial charge on any atom is -0.481 e. The van der Waals surface area contributed by atoms with Crippen LogP contribution in [0.3, 0.4) is 0 Å². The highest BCUT2D eigenvalue weighted by atomic mass is 16.4. The van der Waals surface area contributed by atoms with Gasteiger partial charge in [0.25, 0.3) is 0 Å². The number of hydrogen-bond donors (Lipinski definition) is 2. The van der Waals surface area contributed by atoms with Crippen LogP contribution in [0.15, 0.2) is 0 Å². The van der Waals surface area contributed by atoms with E-state index < -0.39 is 5.97 Å². The summed E-state index contributed by atoms with van der Waals surface area (Å²) in [6.45, 7) is 0.940. The van der Waals surface area contributed by atoms with Gasteiger partial charge < -0.3 is 10.4 Å². The van der Waals surface area contributed by atoms with Gasteiger partial charge in [0, 0.05) is 6.54 Å². The maximum Gasteiger partial charge on any atom is 0.311 e. The first kappa shape index (κ1) is 9.62. The average Bonchev–Trinajstić information content (AvgIpc) is 2.78. The number of fused-ring (bicyclic) bond motifs is 3. The largest absolute Gasteiger partial charge is 0.481 e. The fraction of sp³-hybridized carbons (Fsp3) is 0.700. The van der Waals surface area contributed by atoms with E-state index in [4.69, 9.17) is 5.11 Å². The van der Waals surface area contributed by atoms with Gasteiger partial charge in [0.2, 0.25) is 5.95 Å². The molecule has 0 amide bonds. The molecule has 1 aromatic heterocycles. The third-order valence-electron chi connectivity index (χ3n) is 3.44. The van der Waals surface area contributed by atoms with E-state index in [0.717, 1.165) is 18.9 Å². The molecule has 0 saturated heterocycles. The highest BCUT2D eigenvalue weighted by molar-refractivity contribution is 5.69. The molecule has 0 spiro atoms. The second-order valence-corrected chi connectivity index (χ2v) is 4.51. The van der Waals surface area contributed by atoms with E-state index in [0.29, 0.717) is 17.8 Å². The Hall–Kier alpha value is -1.59. The van der Waals surface area contributed by atoms with E-state index in [2.05, 4.69) is 15.4 Å². The van der Waals surface area contributed by atoms with Gasteiger partial charge in [-0.2, -0.15) is 10.1 Å². The van der Waals surface area contributed by atoms with Crippen LogP contribution in [-0.4, -0.2) is 32.4 Å². The van der Waals surface area contributed by atoms with Crippen molar-refractivity contribution in [2.75, 3.05) is 11.9 Å². The number of nitrogens with one attached hydrogen (secondary N) is 1. The van der Waals surface area contributed by atoms with Crippen molar-refractivity contribution in [3.05, 3.63) is 5.82 Å². The maximum absolute atomic E-state index is 10.6. The molecule has 0 aromatic carbocycles. The molecule has 0 bridgehead atoms. The molecule has 2 atom stereocenters. The molecule has 1 fully saturated rings. The lowest BCUT2D eigenvalue weighted by atomic mass is 10.0. The van der Waals surface area contributed by atoms with E-state index in [1.165, 1.54) is 12.8 Å². The first-order chi connectivity index (χ1) is 7.74. The number of aromatic nitrogens is 3. The number of carboxylic acid groups (broad SMARTS) is 1. The fourth-order valence-corrected chi connectivity index (χ4v) is 2.73. The number of anilines is 1. The zero-order valence-electron chi connectivity index (χ0n) is 8.89. The van der Waals surface area contributed by atoms with Crippen LogP contribution < -0.4 is 5.32 Å². The minimum absolute atomic E-state index is 0.0981. The SMILES string of the molecule is O=C(O)Cc1nc2n(n1)C1CCCC1CN2. The summed E-state index contributed by atoms with van der Waals surface area (Å²) in [6, 6.07) is 0.422. The molecule has 3 rings (SSSR count). The van der Waals surface area contributed by atoms with Crippen molar-refractivity contribution in [1.82, 2.24) is 14.8 Å². The summed E-state index contributed by atoms with van der Waals surface area (Å²) < 4.78 is 1.89. The van der Waals surface area contributed by atoms with Crippen LogP contribution in [0.2, 0.25) is 0 Å². The summed E-state index contributed by atoms with van der Waals surface area (Å²) in [5.74, 6) is 0.889. The summed E-state index contributed by atoms with van der Waals surface area (Å²) in [5.41, 5.74) is 0. The summed E-state index contributed by atoms with van der Waals surface area (Å²) in [7, 11) is 0. The van der Waals surface area contributed by atoms with Crippen molar-refractivity contribution < 1.29 is 9.90 Å². The molecular weight excluding hydrogens is 208 g/mol. The van der Waals surface area contributed by atoms with Crippen LogP contribution in [0.1, 0.15) is 31.1 Å². The van der Waals surface area contributed by atoms with Crippen molar-refractivity contribution in [2.45, 2.75) is 31.7 Å². The number of hydrogen-bond acceptors (Lipinski definition) is 4. The smallest absolute Gasteiger partial charge is 0.311 e.